The van der Waals surface area contributed by atoms with Gasteiger partial charge in [-0.2, -0.15) is 26.3 Å². The average Bonchev–Trinajstić information content (AvgIpc) is 3.22. The van der Waals surface area contributed by atoms with Gasteiger partial charge in [-0.05, 0) is 141 Å². The van der Waals surface area contributed by atoms with Crippen molar-refractivity contribution in [3.05, 3.63) is 82.9 Å². The van der Waals surface area contributed by atoms with Gasteiger partial charge in [0.25, 0.3) is 0 Å². The highest BCUT2D eigenvalue weighted by atomic mass is 19.4. The Labute approximate surface area is 359 Å². The summed E-state index contributed by atoms with van der Waals surface area (Å²) in [6, 6.07) is 15.4. The molecule has 0 aromatic heterocycles. The number of alkyl halides is 6. The van der Waals surface area contributed by atoms with Crippen LogP contribution in [0.5, 0.6) is 11.5 Å². The molecular formula is C48H58F6N2O6. The molecule has 4 aromatic rings. The van der Waals surface area contributed by atoms with Crippen LogP contribution in [0.3, 0.4) is 0 Å². The van der Waals surface area contributed by atoms with Gasteiger partial charge in [0.2, 0.25) is 5.91 Å². The molecule has 7 rings (SSSR count). The van der Waals surface area contributed by atoms with Crippen molar-refractivity contribution < 1.29 is 55.3 Å². The van der Waals surface area contributed by atoms with Crippen LogP contribution in [0.15, 0.2) is 60.7 Å². The lowest BCUT2D eigenvalue weighted by atomic mass is 9.89. The topological polar surface area (TPSA) is 119 Å². The zero-order valence-electron chi connectivity index (χ0n) is 35.5. The van der Waals surface area contributed by atoms with E-state index in [-0.39, 0.29) is 52.4 Å². The third-order valence-electron chi connectivity index (χ3n) is 12.0. The lowest BCUT2D eigenvalue weighted by Gasteiger charge is -2.29. The lowest BCUT2D eigenvalue weighted by Crippen LogP contribution is -2.34. The summed E-state index contributed by atoms with van der Waals surface area (Å²) in [5.74, 6) is 0.305. The van der Waals surface area contributed by atoms with Crippen molar-refractivity contribution in [2.75, 3.05) is 13.1 Å². The molecule has 1 saturated heterocycles. The molecule has 2 saturated carbocycles. The summed E-state index contributed by atoms with van der Waals surface area (Å²) in [5, 5.41) is 9.08. The maximum atomic E-state index is 14.1. The van der Waals surface area contributed by atoms with Crippen molar-refractivity contribution in [2.45, 2.75) is 135 Å². The van der Waals surface area contributed by atoms with Crippen molar-refractivity contribution in [1.82, 2.24) is 4.90 Å². The van der Waals surface area contributed by atoms with E-state index in [1.807, 2.05) is 6.07 Å². The Bertz CT molecular complexity index is 2120. The second-order valence-electron chi connectivity index (χ2n) is 16.9. The number of amides is 1. The molecule has 338 valence electrons. The van der Waals surface area contributed by atoms with E-state index >= 15 is 0 Å². The number of unbranched alkanes of at least 4 members (excludes halogenated alkanes) is 1. The summed E-state index contributed by atoms with van der Waals surface area (Å²) in [6.45, 7) is 5.90. The largest absolute Gasteiger partial charge is 0.490 e. The Kier molecular flexibility index (Phi) is 17.1. The van der Waals surface area contributed by atoms with Crippen LogP contribution in [-0.2, 0) is 28.5 Å². The number of aldehydes is 1. The molecule has 4 aromatic carbocycles. The molecule has 3 N–H and O–H groups in total. The van der Waals surface area contributed by atoms with Gasteiger partial charge in [0.05, 0.1) is 12.2 Å². The van der Waals surface area contributed by atoms with Gasteiger partial charge in [0.1, 0.15) is 22.6 Å². The SMILES string of the molecule is CC1CCC(Oc2ccc3c(C=O)cccc3c2C(F)(F)F)CC1.CC1CCC(Oc2ccc3c(CN4CCCCC4=O)cccc3c2C(F)(F)F)CC1.NCCCCC(=O)O. The Balaban J connectivity index is 0.000000203. The molecule has 3 aliphatic rings. The Morgan fingerprint density at radius 2 is 1.24 bits per heavy atom. The van der Waals surface area contributed by atoms with E-state index in [0.29, 0.717) is 61.4 Å². The van der Waals surface area contributed by atoms with Crippen molar-refractivity contribution in [2.24, 2.45) is 17.6 Å². The highest BCUT2D eigenvalue weighted by Crippen LogP contribution is 2.45. The van der Waals surface area contributed by atoms with Gasteiger partial charge < -0.3 is 25.2 Å². The zero-order valence-corrected chi connectivity index (χ0v) is 35.5. The number of likely N-dealkylation sites (tertiary alicyclic amines) is 1. The number of hydrogen-bond acceptors (Lipinski definition) is 6. The summed E-state index contributed by atoms with van der Waals surface area (Å²) in [4.78, 5) is 34.9. The van der Waals surface area contributed by atoms with E-state index in [2.05, 4.69) is 13.8 Å². The van der Waals surface area contributed by atoms with Crippen molar-refractivity contribution in [1.29, 1.82) is 0 Å². The molecule has 0 radical (unpaired) electrons. The first-order chi connectivity index (χ1) is 29.5. The number of carboxylic acids is 1. The van der Waals surface area contributed by atoms with Gasteiger partial charge in [-0.3, -0.25) is 14.4 Å². The molecule has 8 nitrogen and oxygen atoms in total. The number of piperidine rings is 1. The monoisotopic (exact) mass is 872 g/mol. The third-order valence-corrected chi connectivity index (χ3v) is 12.0. The van der Waals surface area contributed by atoms with Crippen molar-refractivity contribution >= 4 is 39.7 Å². The van der Waals surface area contributed by atoms with E-state index < -0.39 is 29.4 Å². The molecule has 0 atom stereocenters. The maximum absolute atomic E-state index is 14.1. The highest BCUT2D eigenvalue weighted by molar-refractivity contribution is 6.00. The second kappa shape index (κ2) is 22.0. The van der Waals surface area contributed by atoms with Crippen LogP contribution in [-0.4, -0.2) is 53.5 Å². The molecular weight excluding hydrogens is 815 g/mol. The third kappa shape index (κ3) is 13.1. The van der Waals surface area contributed by atoms with Gasteiger partial charge in [-0.1, -0.05) is 56.3 Å². The van der Waals surface area contributed by atoms with Crippen LogP contribution in [0.2, 0.25) is 0 Å². The fraction of sp³-hybridized carbons (Fsp3) is 0.521. The minimum absolute atomic E-state index is 0.00813. The molecule has 0 bridgehead atoms. The fourth-order valence-electron chi connectivity index (χ4n) is 8.50. The van der Waals surface area contributed by atoms with Crippen LogP contribution >= 0.6 is 0 Å². The molecule has 3 fully saturated rings. The number of carbonyl (C=O) groups excluding carboxylic acids is 2. The number of carbonyl (C=O) groups is 3. The fourth-order valence-corrected chi connectivity index (χ4v) is 8.50. The van der Waals surface area contributed by atoms with Crippen LogP contribution in [0, 0.1) is 11.8 Å². The van der Waals surface area contributed by atoms with Crippen LogP contribution in [0.4, 0.5) is 26.3 Å². The first-order valence-electron chi connectivity index (χ1n) is 21.7. The lowest BCUT2D eigenvalue weighted by molar-refractivity contribution is -0.139. The number of aliphatic carboxylic acids is 1. The standard InChI is InChI=1S/C24H28F3NO2.C19H19F3O2.C5H11NO2/c1-16-8-10-18(11-9-16)30-21-13-12-19-17(15-28-14-3-2-7-22(28)29)5-4-6-20(19)23(21)24(25,26)27;1-12-5-7-14(8-6-12)24-17-10-9-15-13(11-23)3-2-4-16(15)18(17)19(20,21)22;6-4-2-1-3-5(7)8/h4-6,12-13,16,18H,2-3,7-11,14-15H2,1H3;2-4,9-12,14H,5-8H2,1H3;1-4,6H2,(H,7,8). The molecule has 1 aliphatic heterocycles. The number of benzene rings is 4. The van der Waals surface area contributed by atoms with Gasteiger partial charge in [0.15, 0.2) is 6.29 Å². The van der Waals surface area contributed by atoms with Gasteiger partial charge in [-0.15, -0.1) is 0 Å². The van der Waals surface area contributed by atoms with Crippen LogP contribution in [0.1, 0.15) is 131 Å². The molecule has 1 heterocycles. The number of hydrogen-bond donors (Lipinski definition) is 2. The first-order valence-corrected chi connectivity index (χ1v) is 21.7. The molecule has 2 aliphatic carbocycles. The number of fused-ring (bicyclic) bond motifs is 2. The van der Waals surface area contributed by atoms with Gasteiger partial charge in [-0.25, -0.2) is 0 Å². The number of halogens is 6. The average molecular weight is 873 g/mol. The molecule has 0 spiro atoms. The second-order valence-corrected chi connectivity index (χ2v) is 16.9. The molecule has 0 unspecified atom stereocenters. The van der Waals surface area contributed by atoms with Gasteiger partial charge in [0, 0.05) is 31.5 Å². The minimum atomic E-state index is -4.54. The van der Waals surface area contributed by atoms with E-state index in [1.54, 1.807) is 17.0 Å². The minimum Gasteiger partial charge on any atom is -0.490 e. The van der Waals surface area contributed by atoms with Gasteiger partial charge >= 0.3 is 18.3 Å². The van der Waals surface area contributed by atoms with E-state index in [9.17, 15) is 40.7 Å². The Morgan fingerprint density at radius 3 is 1.73 bits per heavy atom. The highest BCUT2D eigenvalue weighted by Gasteiger charge is 2.39. The van der Waals surface area contributed by atoms with E-state index in [4.69, 9.17) is 20.3 Å². The number of ether oxygens (including phenoxy) is 2. The van der Waals surface area contributed by atoms with Crippen LogP contribution in [0.25, 0.3) is 21.5 Å². The Hall–Kier alpha value is -4.85. The number of carboxylic acid groups (broad SMARTS) is 1. The summed E-state index contributed by atoms with van der Waals surface area (Å²) in [7, 11) is 0. The maximum Gasteiger partial charge on any atom is 0.420 e. The van der Waals surface area contributed by atoms with E-state index in [1.165, 1.54) is 42.5 Å². The zero-order chi connectivity index (χ0) is 45.0. The summed E-state index contributed by atoms with van der Waals surface area (Å²) >= 11 is 0. The summed E-state index contributed by atoms with van der Waals surface area (Å²) in [5.41, 5.74) is 4.62. The van der Waals surface area contributed by atoms with Crippen LogP contribution < -0.4 is 15.2 Å². The molecule has 62 heavy (non-hydrogen) atoms. The number of nitrogens with zero attached hydrogens (tertiary/aromatic N) is 1. The van der Waals surface area contributed by atoms with Crippen molar-refractivity contribution in [3.8, 4) is 11.5 Å². The predicted molar refractivity (Wildman–Crippen MR) is 227 cm³/mol. The smallest absolute Gasteiger partial charge is 0.420 e. The Morgan fingerprint density at radius 1 is 0.726 bits per heavy atom. The predicted octanol–water partition coefficient (Wildman–Crippen LogP) is 12.2. The quantitative estimate of drug-likeness (QED) is 0.0875. The molecule has 14 heteroatoms. The first kappa shape index (κ1) is 48.2. The number of rotatable bonds is 11. The van der Waals surface area contributed by atoms with Crippen molar-refractivity contribution in [3.63, 3.8) is 0 Å². The number of nitrogens with two attached hydrogens (primary N) is 1. The summed E-state index contributed by atoms with van der Waals surface area (Å²) < 4.78 is 94.9. The normalized spacial score (nSPS) is 20.7. The van der Waals surface area contributed by atoms with E-state index in [0.717, 1.165) is 76.2 Å². The molecule has 1 amide bonds. The summed E-state index contributed by atoms with van der Waals surface area (Å²) in [6.07, 6.45) is 2.24.